The highest BCUT2D eigenvalue weighted by Crippen LogP contribution is 2.26. The lowest BCUT2D eigenvalue weighted by atomic mass is 9.99. The smallest absolute Gasteiger partial charge is 0.225 e. The number of benzene rings is 1. The number of rotatable bonds is 4. The van der Waals surface area contributed by atoms with E-state index in [0.29, 0.717) is 26.1 Å². The molecule has 0 aromatic heterocycles. The molecule has 0 spiro atoms. The molecule has 0 saturated carbocycles. The van der Waals surface area contributed by atoms with Crippen LogP contribution in [0, 0.1) is 0 Å². The molecule has 1 aliphatic rings. The molecule has 0 aliphatic carbocycles. The molecular formula is C14H20Cl2N2O2. The van der Waals surface area contributed by atoms with E-state index < -0.39 is 0 Å². The topological polar surface area (TPSA) is 55.6 Å². The van der Waals surface area contributed by atoms with E-state index in [0.717, 1.165) is 22.6 Å². The van der Waals surface area contributed by atoms with Crippen LogP contribution in [0.5, 0.6) is 0 Å². The fourth-order valence-electron chi connectivity index (χ4n) is 2.36. The second kappa shape index (κ2) is 7.84. The lowest BCUT2D eigenvalue weighted by molar-refractivity contribution is -0.134. The van der Waals surface area contributed by atoms with E-state index in [1.165, 1.54) is 0 Å². The summed E-state index contributed by atoms with van der Waals surface area (Å²) in [7, 11) is 1.58. The van der Waals surface area contributed by atoms with Crippen LogP contribution in [-0.4, -0.2) is 37.1 Å². The summed E-state index contributed by atoms with van der Waals surface area (Å²) in [4.78, 5) is 14.0. The minimum Gasteiger partial charge on any atom is -0.380 e. The summed E-state index contributed by atoms with van der Waals surface area (Å²) in [5, 5.41) is 0.793. The van der Waals surface area contributed by atoms with Gasteiger partial charge in [0.15, 0.2) is 0 Å². The van der Waals surface area contributed by atoms with Gasteiger partial charge in [0, 0.05) is 31.8 Å². The van der Waals surface area contributed by atoms with E-state index in [9.17, 15) is 4.79 Å². The first kappa shape index (κ1) is 17.2. The largest absolute Gasteiger partial charge is 0.380 e. The average Bonchev–Trinajstić information content (AvgIpc) is 2.44. The van der Waals surface area contributed by atoms with Gasteiger partial charge in [0.2, 0.25) is 5.91 Å². The van der Waals surface area contributed by atoms with Crippen LogP contribution < -0.4 is 5.73 Å². The van der Waals surface area contributed by atoms with Crippen LogP contribution in [0.3, 0.4) is 0 Å². The Morgan fingerprint density at radius 3 is 2.95 bits per heavy atom. The highest BCUT2D eigenvalue weighted by atomic mass is 35.5. The molecule has 2 N–H and O–H groups in total. The number of nitrogens with two attached hydrogens (primary N) is 1. The molecule has 0 saturated heterocycles. The van der Waals surface area contributed by atoms with Crippen LogP contribution in [0.2, 0.25) is 5.02 Å². The van der Waals surface area contributed by atoms with Crippen LogP contribution in [0.1, 0.15) is 17.5 Å². The fraction of sp³-hybridized carbons (Fsp3) is 0.500. The summed E-state index contributed by atoms with van der Waals surface area (Å²) in [6.45, 7) is 1.69. The van der Waals surface area contributed by atoms with Crippen molar-refractivity contribution in [1.29, 1.82) is 0 Å². The Kier molecular flexibility index (Phi) is 6.76. The number of nitrogens with zero attached hydrogens (tertiary/aromatic N) is 1. The molecule has 1 unspecified atom stereocenters. The summed E-state index contributed by atoms with van der Waals surface area (Å²) in [5.41, 5.74) is 7.84. The number of amides is 1. The van der Waals surface area contributed by atoms with Crippen LogP contribution in [0.15, 0.2) is 18.2 Å². The van der Waals surface area contributed by atoms with Gasteiger partial charge >= 0.3 is 0 Å². The van der Waals surface area contributed by atoms with Gasteiger partial charge in [-0.05, 0) is 23.6 Å². The van der Waals surface area contributed by atoms with Gasteiger partial charge in [-0.3, -0.25) is 4.79 Å². The molecule has 1 amide bonds. The number of hydrogen-bond acceptors (Lipinski definition) is 3. The first-order valence-electron chi connectivity index (χ1n) is 6.42. The number of methoxy groups -OCH3 is 1. The molecule has 1 heterocycles. The number of halogens is 2. The normalized spacial score (nSPS) is 15.2. The Morgan fingerprint density at radius 2 is 2.30 bits per heavy atom. The standard InChI is InChI=1S/C14H19ClN2O2.ClH/c1-19-11(8-16)7-14(18)17-6-5-12-10(9-17)3-2-4-13(12)15;/h2-4,11H,5-9,16H2,1H3;1H. The van der Waals surface area contributed by atoms with Gasteiger partial charge in [0.1, 0.15) is 0 Å². The Balaban J connectivity index is 0.00000200. The van der Waals surface area contributed by atoms with Gasteiger partial charge in [-0.25, -0.2) is 0 Å². The van der Waals surface area contributed by atoms with Gasteiger partial charge in [-0.2, -0.15) is 0 Å². The molecule has 0 bridgehead atoms. The van der Waals surface area contributed by atoms with Crippen LogP contribution in [-0.2, 0) is 22.5 Å². The molecule has 1 aliphatic heterocycles. The number of hydrogen-bond donors (Lipinski definition) is 1. The maximum atomic E-state index is 12.2. The molecule has 0 radical (unpaired) electrons. The van der Waals surface area contributed by atoms with E-state index >= 15 is 0 Å². The van der Waals surface area contributed by atoms with Crippen molar-refractivity contribution in [3.05, 3.63) is 34.3 Å². The summed E-state index contributed by atoms with van der Waals surface area (Å²) >= 11 is 6.16. The molecule has 1 aromatic rings. The van der Waals surface area contributed by atoms with Gasteiger partial charge in [0.25, 0.3) is 0 Å². The first-order valence-corrected chi connectivity index (χ1v) is 6.80. The third-order valence-electron chi connectivity index (χ3n) is 3.56. The van der Waals surface area contributed by atoms with Crippen molar-refractivity contribution in [2.45, 2.75) is 25.5 Å². The highest BCUT2D eigenvalue weighted by molar-refractivity contribution is 6.31. The average molecular weight is 319 g/mol. The molecule has 6 heteroatoms. The third-order valence-corrected chi connectivity index (χ3v) is 3.91. The lowest BCUT2D eigenvalue weighted by Crippen LogP contribution is -2.39. The number of fused-ring (bicyclic) bond motifs is 1. The predicted molar refractivity (Wildman–Crippen MR) is 82.3 cm³/mol. The maximum Gasteiger partial charge on any atom is 0.225 e. The van der Waals surface area contributed by atoms with Gasteiger partial charge in [-0.15, -0.1) is 12.4 Å². The molecule has 0 fully saturated rings. The van der Waals surface area contributed by atoms with Crippen LogP contribution in [0.25, 0.3) is 0 Å². The summed E-state index contributed by atoms with van der Waals surface area (Å²) < 4.78 is 5.16. The van der Waals surface area contributed by atoms with Gasteiger partial charge in [-0.1, -0.05) is 23.7 Å². The molecule has 20 heavy (non-hydrogen) atoms. The first-order chi connectivity index (χ1) is 9.15. The van der Waals surface area contributed by atoms with E-state index in [-0.39, 0.29) is 24.4 Å². The van der Waals surface area contributed by atoms with Crippen molar-refractivity contribution >= 4 is 29.9 Å². The van der Waals surface area contributed by atoms with E-state index in [4.69, 9.17) is 22.1 Å². The number of carbonyl (C=O) groups excluding carboxylic acids is 1. The third kappa shape index (κ3) is 3.85. The Morgan fingerprint density at radius 1 is 1.55 bits per heavy atom. The molecule has 112 valence electrons. The second-order valence-corrected chi connectivity index (χ2v) is 5.15. The minimum atomic E-state index is -0.201. The number of carbonyl (C=O) groups is 1. The molecule has 4 nitrogen and oxygen atoms in total. The van der Waals surface area contributed by atoms with Crippen molar-refractivity contribution in [2.75, 3.05) is 20.2 Å². The zero-order valence-corrected chi connectivity index (χ0v) is 13.0. The van der Waals surface area contributed by atoms with E-state index in [2.05, 4.69) is 0 Å². The highest BCUT2D eigenvalue weighted by Gasteiger charge is 2.23. The Bertz CT molecular complexity index is 464. The van der Waals surface area contributed by atoms with E-state index in [1.54, 1.807) is 7.11 Å². The van der Waals surface area contributed by atoms with Crippen LogP contribution >= 0.6 is 24.0 Å². The summed E-state index contributed by atoms with van der Waals surface area (Å²) in [5.74, 6) is 0.0860. The second-order valence-electron chi connectivity index (χ2n) is 4.74. The molecular weight excluding hydrogens is 299 g/mol. The molecule has 2 rings (SSSR count). The van der Waals surface area contributed by atoms with Crippen molar-refractivity contribution in [3.63, 3.8) is 0 Å². The monoisotopic (exact) mass is 318 g/mol. The number of ether oxygens (including phenoxy) is 1. The zero-order valence-electron chi connectivity index (χ0n) is 11.5. The SMILES string of the molecule is COC(CN)CC(=O)N1CCc2c(Cl)cccc2C1.Cl. The van der Waals surface area contributed by atoms with Crippen molar-refractivity contribution in [2.24, 2.45) is 5.73 Å². The van der Waals surface area contributed by atoms with Gasteiger partial charge < -0.3 is 15.4 Å². The van der Waals surface area contributed by atoms with Crippen LogP contribution in [0.4, 0.5) is 0 Å². The minimum absolute atomic E-state index is 0. The maximum absolute atomic E-state index is 12.2. The zero-order chi connectivity index (χ0) is 13.8. The molecule has 1 atom stereocenters. The fourth-order valence-corrected chi connectivity index (χ4v) is 2.65. The molecule has 1 aromatic carbocycles. The quantitative estimate of drug-likeness (QED) is 0.924. The lowest BCUT2D eigenvalue weighted by Gasteiger charge is -2.30. The predicted octanol–water partition coefficient (Wildman–Crippen LogP) is 2.01. The Labute approximate surface area is 130 Å². The van der Waals surface area contributed by atoms with Gasteiger partial charge in [0.05, 0.1) is 12.5 Å². The summed E-state index contributed by atoms with van der Waals surface area (Å²) in [6, 6.07) is 5.84. The summed E-state index contributed by atoms with van der Waals surface area (Å²) in [6.07, 6.45) is 0.942. The van der Waals surface area contributed by atoms with E-state index in [1.807, 2.05) is 23.1 Å². The van der Waals surface area contributed by atoms with Crippen molar-refractivity contribution < 1.29 is 9.53 Å². The van der Waals surface area contributed by atoms with Crippen molar-refractivity contribution in [3.8, 4) is 0 Å². The Hall–Kier alpha value is -0.810. The van der Waals surface area contributed by atoms with Crippen molar-refractivity contribution in [1.82, 2.24) is 4.90 Å².